The molecule has 0 aliphatic heterocycles. The summed E-state index contributed by atoms with van der Waals surface area (Å²) < 4.78 is 5.73. The van der Waals surface area contributed by atoms with Gasteiger partial charge < -0.3 is 9.32 Å². The van der Waals surface area contributed by atoms with Crippen LogP contribution < -0.4 is 0 Å². The van der Waals surface area contributed by atoms with Gasteiger partial charge in [0.2, 0.25) is 0 Å². The smallest absolute Gasteiger partial charge is 0.289 e. The summed E-state index contributed by atoms with van der Waals surface area (Å²) in [6.07, 6.45) is 0. The fourth-order valence-electron chi connectivity index (χ4n) is 2.48. The summed E-state index contributed by atoms with van der Waals surface area (Å²) in [7, 11) is 1.79. The van der Waals surface area contributed by atoms with Gasteiger partial charge in [0.25, 0.3) is 5.91 Å². The number of benzene rings is 2. The maximum atomic E-state index is 12.6. The zero-order valence-corrected chi connectivity index (χ0v) is 12.2. The first-order valence-corrected chi connectivity index (χ1v) is 6.94. The van der Waals surface area contributed by atoms with Crippen molar-refractivity contribution >= 4 is 16.9 Å². The van der Waals surface area contributed by atoms with Gasteiger partial charge in [0.1, 0.15) is 5.58 Å². The van der Waals surface area contributed by atoms with Gasteiger partial charge in [0.05, 0.1) is 0 Å². The van der Waals surface area contributed by atoms with Crippen LogP contribution in [-0.4, -0.2) is 17.9 Å². The Balaban J connectivity index is 1.88. The molecule has 0 N–H and O–H groups in total. The third-order valence-corrected chi connectivity index (χ3v) is 3.65. The highest BCUT2D eigenvalue weighted by atomic mass is 16.3. The average molecular weight is 279 g/mol. The number of para-hydroxylation sites is 1. The number of fused-ring (bicyclic) bond motifs is 1. The number of rotatable bonds is 3. The predicted octanol–water partition coefficient (Wildman–Crippen LogP) is 4.01. The van der Waals surface area contributed by atoms with Crippen LogP contribution in [0.5, 0.6) is 0 Å². The van der Waals surface area contributed by atoms with E-state index in [4.69, 9.17) is 4.42 Å². The molecular formula is C18H17NO2. The maximum Gasteiger partial charge on any atom is 0.289 e. The molecule has 106 valence electrons. The summed E-state index contributed by atoms with van der Waals surface area (Å²) in [4.78, 5) is 14.3. The van der Waals surface area contributed by atoms with E-state index in [0.717, 1.165) is 22.1 Å². The van der Waals surface area contributed by atoms with Crippen molar-refractivity contribution in [3.8, 4) is 0 Å². The van der Waals surface area contributed by atoms with Crippen molar-refractivity contribution in [2.45, 2.75) is 13.5 Å². The number of furan rings is 1. The van der Waals surface area contributed by atoms with Crippen LogP contribution in [0, 0.1) is 6.92 Å². The molecule has 3 nitrogen and oxygen atoms in total. The van der Waals surface area contributed by atoms with Crippen LogP contribution in [0.3, 0.4) is 0 Å². The van der Waals surface area contributed by atoms with Gasteiger partial charge in [-0.05, 0) is 18.6 Å². The number of hydrogen-bond donors (Lipinski definition) is 0. The van der Waals surface area contributed by atoms with E-state index >= 15 is 0 Å². The van der Waals surface area contributed by atoms with Gasteiger partial charge >= 0.3 is 0 Å². The molecule has 0 bridgehead atoms. The molecule has 2 aromatic carbocycles. The maximum absolute atomic E-state index is 12.6. The molecule has 0 spiro atoms. The molecule has 0 saturated heterocycles. The van der Waals surface area contributed by atoms with Crippen LogP contribution in [-0.2, 0) is 6.54 Å². The molecule has 1 amide bonds. The highest BCUT2D eigenvalue weighted by Gasteiger charge is 2.20. The van der Waals surface area contributed by atoms with Crippen LogP contribution in [0.2, 0.25) is 0 Å². The average Bonchev–Trinajstić information content (AvgIpc) is 2.85. The van der Waals surface area contributed by atoms with Crippen LogP contribution in [0.15, 0.2) is 59.0 Å². The topological polar surface area (TPSA) is 33.5 Å². The van der Waals surface area contributed by atoms with Crippen molar-refractivity contribution in [3.05, 3.63) is 71.5 Å². The quantitative estimate of drug-likeness (QED) is 0.725. The third kappa shape index (κ3) is 2.55. The van der Waals surface area contributed by atoms with E-state index in [-0.39, 0.29) is 5.91 Å². The first-order chi connectivity index (χ1) is 10.2. The summed E-state index contributed by atoms with van der Waals surface area (Å²) >= 11 is 0. The first-order valence-electron chi connectivity index (χ1n) is 6.94. The fraction of sp³-hybridized carbons (Fsp3) is 0.167. The SMILES string of the molecule is Cc1c(C(=O)N(C)Cc2ccccc2)oc2ccccc12. The van der Waals surface area contributed by atoms with Gasteiger partial charge in [-0.3, -0.25) is 4.79 Å². The van der Waals surface area contributed by atoms with Crippen molar-refractivity contribution in [2.24, 2.45) is 0 Å². The minimum Gasteiger partial charge on any atom is -0.451 e. The van der Waals surface area contributed by atoms with Crippen molar-refractivity contribution < 1.29 is 9.21 Å². The van der Waals surface area contributed by atoms with E-state index in [1.165, 1.54) is 0 Å². The van der Waals surface area contributed by atoms with Crippen molar-refractivity contribution in [3.63, 3.8) is 0 Å². The molecule has 0 unspecified atom stereocenters. The normalized spacial score (nSPS) is 10.8. The third-order valence-electron chi connectivity index (χ3n) is 3.65. The second-order valence-corrected chi connectivity index (χ2v) is 5.20. The number of carbonyl (C=O) groups is 1. The number of amides is 1. The Morgan fingerprint density at radius 1 is 1.05 bits per heavy atom. The zero-order chi connectivity index (χ0) is 14.8. The lowest BCUT2D eigenvalue weighted by atomic mass is 10.1. The lowest BCUT2D eigenvalue weighted by Crippen LogP contribution is -2.26. The predicted molar refractivity (Wildman–Crippen MR) is 83.2 cm³/mol. The van der Waals surface area contributed by atoms with Gasteiger partial charge in [0, 0.05) is 24.5 Å². The molecule has 1 aromatic heterocycles. The van der Waals surface area contributed by atoms with E-state index in [1.54, 1.807) is 11.9 Å². The number of hydrogen-bond acceptors (Lipinski definition) is 2. The number of aryl methyl sites for hydroxylation is 1. The molecule has 21 heavy (non-hydrogen) atoms. The molecule has 3 heteroatoms. The van der Waals surface area contributed by atoms with Gasteiger partial charge in [-0.2, -0.15) is 0 Å². The van der Waals surface area contributed by atoms with Gasteiger partial charge in [-0.15, -0.1) is 0 Å². The molecule has 3 rings (SSSR count). The Bertz CT molecular complexity index is 774. The van der Waals surface area contributed by atoms with Crippen LogP contribution in [0.25, 0.3) is 11.0 Å². The summed E-state index contributed by atoms with van der Waals surface area (Å²) in [6, 6.07) is 17.7. The monoisotopic (exact) mass is 279 g/mol. The highest BCUT2D eigenvalue weighted by molar-refractivity contribution is 5.98. The van der Waals surface area contributed by atoms with Crippen LogP contribution in [0.1, 0.15) is 21.7 Å². The standard InChI is InChI=1S/C18H17NO2/c1-13-15-10-6-7-11-16(15)21-17(13)18(20)19(2)12-14-8-4-3-5-9-14/h3-11H,12H2,1-2H3. The lowest BCUT2D eigenvalue weighted by molar-refractivity contribution is 0.0755. The largest absolute Gasteiger partial charge is 0.451 e. The highest BCUT2D eigenvalue weighted by Crippen LogP contribution is 2.26. The Hall–Kier alpha value is -2.55. The number of nitrogens with zero attached hydrogens (tertiary/aromatic N) is 1. The summed E-state index contributed by atoms with van der Waals surface area (Å²) in [5, 5.41) is 0.994. The lowest BCUT2D eigenvalue weighted by Gasteiger charge is -2.16. The van der Waals surface area contributed by atoms with Crippen LogP contribution >= 0.6 is 0 Å². The Kier molecular flexibility index (Phi) is 3.48. The molecule has 0 saturated carbocycles. The van der Waals surface area contributed by atoms with Crippen LogP contribution in [0.4, 0.5) is 0 Å². The van der Waals surface area contributed by atoms with Gasteiger partial charge in [-0.1, -0.05) is 48.5 Å². The summed E-state index contributed by atoms with van der Waals surface area (Å²) in [5.74, 6) is 0.335. The molecule has 0 aliphatic carbocycles. The number of carbonyl (C=O) groups excluding carboxylic acids is 1. The van der Waals surface area contributed by atoms with E-state index in [0.29, 0.717) is 12.3 Å². The second-order valence-electron chi connectivity index (χ2n) is 5.20. The van der Waals surface area contributed by atoms with E-state index in [2.05, 4.69) is 0 Å². The Morgan fingerprint density at radius 2 is 1.71 bits per heavy atom. The molecule has 1 heterocycles. The minimum absolute atomic E-state index is 0.0902. The summed E-state index contributed by atoms with van der Waals surface area (Å²) in [6.45, 7) is 2.49. The van der Waals surface area contributed by atoms with E-state index in [1.807, 2.05) is 61.5 Å². The molecule has 0 atom stereocenters. The molecule has 0 radical (unpaired) electrons. The van der Waals surface area contributed by atoms with Gasteiger partial charge in [0.15, 0.2) is 5.76 Å². The van der Waals surface area contributed by atoms with E-state index in [9.17, 15) is 4.79 Å². The molecule has 3 aromatic rings. The Morgan fingerprint density at radius 3 is 2.43 bits per heavy atom. The van der Waals surface area contributed by atoms with E-state index < -0.39 is 0 Å². The first kappa shape index (κ1) is 13.4. The molecular weight excluding hydrogens is 262 g/mol. The van der Waals surface area contributed by atoms with Gasteiger partial charge in [-0.25, -0.2) is 0 Å². The minimum atomic E-state index is -0.0902. The van der Waals surface area contributed by atoms with Crippen molar-refractivity contribution in [2.75, 3.05) is 7.05 Å². The van der Waals surface area contributed by atoms with Crippen molar-refractivity contribution in [1.82, 2.24) is 4.90 Å². The Labute approximate surface area is 123 Å². The zero-order valence-electron chi connectivity index (χ0n) is 12.2. The summed E-state index contributed by atoms with van der Waals surface area (Å²) in [5.41, 5.74) is 2.75. The second kappa shape index (κ2) is 5.44. The van der Waals surface area contributed by atoms with Crippen molar-refractivity contribution in [1.29, 1.82) is 0 Å². The molecule has 0 aliphatic rings. The molecule has 0 fully saturated rings. The fourth-order valence-corrected chi connectivity index (χ4v) is 2.48.